The van der Waals surface area contributed by atoms with Crippen molar-refractivity contribution in [2.45, 2.75) is 32.2 Å². The minimum Gasteiger partial charge on any atom is -0.378 e. The molecule has 1 aliphatic heterocycles. The summed E-state index contributed by atoms with van der Waals surface area (Å²) in [6.07, 6.45) is 5.03. The van der Waals surface area contributed by atoms with Gasteiger partial charge in [0.2, 0.25) is 0 Å². The number of thiophene rings is 1. The van der Waals surface area contributed by atoms with Crippen LogP contribution < -0.4 is 10.2 Å². The van der Waals surface area contributed by atoms with Gasteiger partial charge >= 0.3 is 0 Å². The minimum absolute atomic E-state index is 0.220. The summed E-state index contributed by atoms with van der Waals surface area (Å²) in [5.41, 5.74) is 5.58. The number of aldehydes is 1. The molecule has 0 spiro atoms. The Labute approximate surface area is 218 Å². The third-order valence-corrected chi connectivity index (χ3v) is 7.64. The van der Waals surface area contributed by atoms with E-state index in [0.29, 0.717) is 6.42 Å². The van der Waals surface area contributed by atoms with Crippen molar-refractivity contribution in [1.29, 1.82) is 0 Å². The fourth-order valence-electron chi connectivity index (χ4n) is 4.54. The molecule has 1 atom stereocenters. The minimum atomic E-state index is 0.220. The van der Waals surface area contributed by atoms with Crippen LogP contribution in [0.4, 0.5) is 11.4 Å². The number of carbonyl (C=O) groups is 1. The van der Waals surface area contributed by atoms with Gasteiger partial charge in [-0.15, -0.1) is 17.9 Å². The summed E-state index contributed by atoms with van der Waals surface area (Å²) in [6, 6.07) is 21.2. The van der Waals surface area contributed by atoms with E-state index in [1.54, 1.807) is 11.3 Å². The molecule has 1 N–H and O–H groups in total. The first-order valence-electron chi connectivity index (χ1n) is 12.3. The van der Waals surface area contributed by atoms with E-state index < -0.39 is 0 Å². The van der Waals surface area contributed by atoms with Gasteiger partial charge in [0.05, 0.1) is 10.9 Å². The number of aliphatic imine (C=N–C) groups is 1. The number of hydrogen-bond acceptors (Lipinski definition) is 6. The average molecular weight is 499 g/mol. The van der Waals surface area contributed by atoms with Crippen molar-refractivity contribution in [3.8, 4) is 10.4 Å². The van der Waals surface area contributed by atoms with Crippen molar-refractivity contribution in [1.82, 2.24) is 4.90 Å². The van der Waals surface area contributed by atoms with Crippen molar-refractivity contribution in [2.75, 3.05) is 31.4 Å². The highest BCUT2D eigenvalue weighted by atomic mass is 32.1. The molecule has 3 aromatic rings. The summed E-state index contributed by atoms with van der Waals surface area (Å²) < 4.78 is 0. The standard InChI is InChI=1S/C30H34N4OS/c1-6-8-25-26(7-2)34(5)30(32-29(25)31-23-13-9-21(10-14-23)19-20-35)28-18-17-27(36-28)22-11-15-24(16-12-22)33(3)4/h6,9-18,20,26,31H,1,7-8,19H2,2-5H3. The highest BCUT2D eigenvalue weighted by Crippen LogP contribution is 2.34. The largest absolute Gasteiger partial charge is 0.378 e. The first-order valence-corrected chi connectivity index (χ1v) is 13.1. The molecule has 36 heavy (non-hydrogen) atoms. The van der Waals surface area contributed by atoms with Gasteiger partial charge in [0, 0.05) is 43.8 Å². The van der Waals surface area contributed by atoms with Crippen LogP contribution in [0.5, 0.6) is 0 Å². The third-order valence-electron chi connectivity index (χ3n) is 6.51. The van der Waals surface area contributed by atoms with E-state index in [4.69, 9.17) is 4.99 Å². The molecule has 0 radical (unpaired) electrons. The van der Waals surface area contributed by atoms with Crippen LogP contribution in [0.2, 0.25) is 0 Å². The van der Waals surface area contributed by atoms with Crippen LogP contribution in [-0.2, 0) is 11.2 Å². The van der Waals surface area contributed by atoms with E-state index in [-0.39, 0.29) is 6.04 Å². The van der Waals surface area contributed by atoms with Crippen LogP contribution in [0.15, 0.2) is 89.7 Å². The highest BCUT2D eigenvalue weighted by molar-refractivity contribution is 7.17. The Hall–Kier alpha value is -3.64. The maximum Gasteiger partial charge on any atom is 0.148 e. The Balaban J connectivity index is 1.69. The molecule has 4 rings (SSSR count). The molecule has 0 bridgehead atoms. The predicted molar refractivity (Wildman–Crippen MR) is 154 cm³/mol. The lowest BCUT2D eigenvalue weighted by molar-refractivity contribution is -0.107. The van der Waals surface area contributed by atoms with E-state index in [1.807, 2.05) is 30.3 Å². The summed E-state index contributed by atoms with van der Waals surface area (Å²) in [4.78, 5) is 22.7. The van der Waals surface area contributed by atoms with E-state index >= 15 is 0 Å². The molecule has 186 valence electrons. The van der Waals surface area contributed by atoms with Gasteiger partial charge in [-0.2, -0.15) is 0 Å². The number of amidine groups is 1. The number of nitrogens with one attached hydrogen (secondary N) is 1. The van der Waals surface area contributed by atoms with Crippen molar-refractivity contribution in [3.05, 3.63) is 95.2 Å². The van der Waals surface area contributed by atoms with Gasteiger partial charge in [-0.05, 0) is 65.9 Å². The quantitative estimate of drug-likeness (QED) is 0.253. The van der Waals surface area contributed by atoms with Gasteiger partial charge in [-0.1, -0.05) is 37.3 Å². The Bertz CT molecular complexity index is 1270. The SMILES string of the molecule is C=CCC1=C(Nc2ccc(CC=O)cc2)N=C(c2ccc(-c3ccc(N(C)C)cc3)s2)N(C)C1CC. The fourth-order valence-corrected chi connectivity index (χ4v) is 5.58. The van der Waals surface area contributed by atoms with Gasteiger partial charge in [0.15, 0.2) is 0 Å². The average Bonchev–Trinajstić information content (AvgIpc) is 3.37. The van der Waals surface area contributed by atoms with Crippen LogP contribution >= 0.6 is 11.3 Å². The normalized spacial score (nSPS) is 15.5. The number of benzene rings is 2. The lowest BCUT2D eigenvalue weighted by atomic mass is 9.97. The molecule has 6 heteroatoms. The van der Waals surface area contributed by atoms with Gasteiger partial charge in [0.25, 0.3) is 0 Å². The topological polar surface area (TPSA) is 47.9 Å². The molecule has 0 amide bonds. The number of nitrogens with zero attached hydrogens (tertiary/aromatic N) is 3. The van der Waals surface area contributed by atoms with Gasteiger partial charge in [-0.25, -0.2) is 4.99 Å². The molecular weight excluding hydrogens is 464 g/mol. The number of likely N-dealkylation sites (N-methyl/N-ethyl adjacent to an activating group) is 1. The van der Waals surface area contributed by atoms with E-state index in [9.17, 15) is 4.79 Å². The second-order valence-corrected chi connectivity index (χ2v) is 10.2. The van der Waals surface area contributed by atoms with Crippen molar-refractivity contribution < 1.29 is 4.79 Å². The van der Waals surface area contributed by atoms with Crippen LogP contribution in [-0.4, -0.2) is 44.2 Å². The van der Waals surface area contributed by atoms with E-state index in [1.165, 1.54) is 21.7 Å². The van der Waals surface area contributed by atoms with Crippen LogP contribution in [0.3, 0.4) is 0 Å². The summed E-state index contributed by atoms with van der Waals surface area (Å²) in [5, 5.41) is 3.55. The zero-order valence-electron chi connectivity index (χ0n) is 21.5. The predicted octanol–water partition coefficient (Wildman–Crippen LogP) is 6.59. The molecule has 0 saturated carbocycles. The van der Waals surface area contributed by atoms with Crippen molar-refractivity contribution in [2.24, 2.45) is 4.99 Å². The Morgan fingerprint density at radius 2 is 1.72 bits per heavy atom. The molecule has 1 aliphatic rings. The molecular formula is C30H34N4OS. The van der Waals surface area contributed by atoms with Crippen molar-refractivity contribution >= 4 is 34.8 Å². The Morgan fingerprint density at radius 3 is 2.33 bits per heavy atom. The Morgan fingerprint density at radius 1 is 1.03 bits per heavy atom. The Kier molecular flexibility index (Phi) is 8.06. The second-order valence-electron chi connectivity index (χ2n) is 9.13. The smallest absolute Gasteiger partial charge is 0.148 e. The maximum atomic E-state index is 10.8. The second kappa shape index (κ2) is 11.4. The van der Waals surface area contributed by atoms with Crippen molar-refractivity contribution in [3.63, 3.8) is 0 Å². The highest BCUT2D eigenvalue weighted by Gasteiger charge is 2.29. The number of anilines is 2. The van der Waals surface area contributed by atoms with Gasteiger partial charge in [-0.3, -0.25) is 0 Å². The number of allylic oxidation sites excluding steroid dienone is 1. The van der Waals surface area contributed by atoms with E-state index in [0.717, 1.165) is 46.9 Å². The lowest BCUT2D eigenvalue weighted by Gasteiger charge is -2.36. The summed E-state index contributed by atoms with van der Waals surface area (Å²) >= 11 is 1.76. The van der Waals surface area contributed by atoms with Gasteiger partial charge < -0.3 is 19.9 Å². The summed E-state index contributed by atoms with van der Waals surface area (Å²) in [7, 11) is 6.24. The first-order chi connectivity index (χ1) is 17.4. The molecule has 0 fully saturated rings. The summed E-state index contributed by atoms with van der Waals surface area (Å²) in [5.74, 6) is 1.85. The number of rotatable bonds is 10. The first kappa shape index (κ1) is 25.5. The number of carbonyl (C=O) groups excluding carboxylic acids is 1. The molecule has 0 aliphatic carbocycles. The molecule has 1 aromatic heterocycles. The zero-order valence-corrected chi connectivity index (χ0v) is 22.3. The summed E-state index contributed by atoms with van der Waals surface area (Å²) in [6.45, 7) is 6.20. The van der Waals surface area contributed by atoms with E-state index in [2.05, 4.69) is 86.2 Å². The fraction of sp³-hybridized carbons (Fsp3) is 0.267. The lowest BCUT2D eigenvalue weighted by Crippen LogP contribution is -2.42. The van der Waals surface area contributed by atoms with Crippen LogP contribution in [0.25, 0.3) is 10.4 Å². The van der Waals surface area contributed by atoms with Crippen LogP contribution in [0, 0.1) is 0 Å². The molecule has 1 unspecified atom stereocenters. The molecule has 0 saturated heterocycles. The number of hydrogen-bond donors (Lipinski definition) is 1. The molecule has 2 heterocycles. The molecule has 2 aromatic carbocycles. The zero-order chi connectivity index (χ0) is 25.7. The monoisotopic (exact) mass is 498 g/mol. The van der Waals surface area contributed by atoms with Gasteiger partial charge in [0.1, 0.15) is 17.9 Å². The maximum absolute atomic E-state index is 10.8. The third kappa shape index (κ3) is 5.44. The molecule has 5 nitrogen and oxygen atoms in total. The van der Waals surface area contributed by atoms with Crippen LogP contribution in [0.1, 0.15) is 30.2 Å².